The zero-order chi connectivity index (χ0) is 11.5. The highest BCUT2D eigenvalue weighted by Crippen LogP contribution is 2.28. The van der Waals surface area contributed by atoms with Crippen molar-refractivity contribution in [3.8, 4) is 0 Å². The number of carbonyl (C=O) groups excluding carboxylic acids is 1. The molecule has 3 nitrogen and oxygen atoms in total. The summed E-state index contributed by atoms with van der Waals surface area (Å²) in [4.78, 5) is 15.8. The third-order valence-electron chi connectivity index (χ3n) is 2.14. The zero-order valence-electron chi connectivity index (χ0n) is 9.08. The van der Waals surface area contributed by atoms with Crippen LogP contribution < -0.4 is 0 Å². The van der Waals surface area contributed by atoms with E-state index in [0.717, 1.165) is 0 Å². The van der Waals surface area contributed by atoms with Gasteiger partial charge >= 0.3 is 5.97 Å². The minimum absolute atomic E-state index is 0.314. The fourth-order valence-electron chi connectivity index (χ4n) is 1.25. The Kier molecular flexibility index (Phi) is 3.69. The Morgan fingerprint density at radius 2 is 2.27 bits per heavy atom. The van der Waals surface area contributed by atoms with Crippen LogP contribution in [0.4, 0.5) is 0 Å². The maximum atomic E-state index is 11.7. The van der Waals surface area contributed by atoms with Gasteiger partial charge in [-0.15, -0.1) is 0 Å². The molecule has 0 aliphatic rings. The quantitative estimate of drug-likeness (QED) is 0.745. The molecule has 0 amide bonds. The number of aromatic nitrogens is 1. The Bertz CT molecular complexity index is 363. The Balaban J connectivity index is 3.05. The molecule has 0 aliphatic carbocycles. The molecule has 1 aromatic rings. The third-order valence-corrected chi connectivity index (χ3v) is 2.44. The molecule has 1 aromatic heterocycles. The molecule has 0 radical (unpaired) electrons. The molecule has 0 saturated carbocycles. The van der Waals surface area contributed by atoms with Crippen LogP contribution in [0.15, 0.2) is 18.3 Å². The van der Waals surface area contributed by atoms with Gasteiger partial charge in [-0.05, 0) is 32.9 Å². The van der Waals surface area contributed by atoms with Crippen molar-refractivity contribution in [3.63, 3.8) is 0 Å². The van der Waals surface area contributed by atoms with Crippen molar-refractivity contribution in [2.75, 3.05) is 6.61 Å². The molecule has 0 spiro atoms. The molecule has 15 heavy (non-hydrogen) atoms. The molecule has 1 heterocycles. The van der Waals surface area contributed by atoms with Crippen molar-refractivity contribution in [3.05, 3.63) is 29.0 Å². The second-order valence-electron chi connectivity index (χ2n) is 3.68. The Hall–Kier alpha value is -1.09. The lowest BCUT2D eigenvalue weighted by molar-refractivity contribution is -0.148. The summed E-state index contributed by atoms with van der Waals surface area (Å²) < 4.78 is 4.98. The van der Waals surface area contributed by atoms with E-state index >= 15 is 0 Å². The van der Waals surface area contributed by atoms with Crippen LogP contribution in [0.3, 0.4) is 0 Å². The van der Waals surface area contributed by atoms with E-state index in [1.165, 1.54) is 0 Å². The molecule has 0 atom stereocenters. The average molecular weight is 228 g/mol. The number of ether oxygens (including phenoxy) is 1. The smallest absolute Gasteiger partial charge is 0.317 e. The van der Waals surface area contributed by atoms with Gasteiger partial charge in [0.1, 0.15) is 5.41 Å². The average Bonchev–Trinajstić information content (AvgIpc) is 2.18. The number of hydrogen-bond donors (Lipinski definition) is 0. The summed E-state index contributed by atoms with van der Waals surface area (Å²) in [5, 5.41) is 0.482. The van der Waals surface area contributed by atoms with Crippen molar-refractivity contribution >= 4 is 17.6 Å². The van der Waals surface area contributed by atoms with Crippen molar-refractivity contribution in [1.82, 2.24) is 4.98 Å². The number of esters is 1. The number of carbonyl (C=O) groups is 1. The Labute approximate surface area is 94.4 Å². The summed E-state index contributed by atoms with van der Waals surface area (Å²) in [6.45, 7) is 5.62. The van der Waals surface area contributed by atoms with E-state index in [0.29, 0.717) is 17.3 Å². The summed E-state index contributed by atoms with van der Waals surface area (Å²) in [7, 11) is 0. The van der Waals surface area contributed by atoms with Gasteiger partial charge in [0.15, 0.2) is 0 Å². The van der Waals surface area contributed by atoms with Crippen LogP contribution in [0.5, 0.6) is 0 Å². The Morgan fingerprint density at radius 3 is 2.80 bits per heavy atom. The number of hydrogen-bond acceptors (Lipinski definition) is 3. The molecule has 1 rings (SSSR count). The van der Waals surface area contributed by atoms with Gasteiger partial charge in [-0.3, -0.25) is 9.78 Å². The normalized spacial score (nSPS) is 11.2. The highest BCUT2D eigenvalue weighted by atomic mass is 35.5. The van der Waals surface area contributed by atoms with Gasteiger partial charge in [0.25, 0.3) is 0 Å². The molecule has 0 saturated heterocycles. The maximum Gasteiger partial charge on any atom is 0.317 e. The van der Waals surface area contributed by atoms with E-state index in [2.05, 4.69) is 4.98 Å². The van der Waals surface area contributed by atoms with E-state index in [9.17, 15) is 4.79 Å². The SMILES string of the molecule is CCOC(=O)C(C)(C)c1ncccc1Cl. The maximum absolute atomic E-state index is 11.7. The first-order chi connectivity index (χ1) is 7.00. The number of pyridine rings is 1. The lowest BCUT2D eigenvalue weighted by atomic mass is 9.89. The van der Waals surface area contributed by atoms with Gasteiger partial charge in [0.05, 0.1) is 17.3 Å². The van der Waals surface area contributed by atoms with E-state index in [-0.39, 0.29) is 5.97 Å². The van der Waals surface area contributed by atoms with Gasteiger partial charge in [-0.25, -0.2) is 0 Å². The first-order valence-corrected chi connectivity index (χ1v) is 5.16. The fraction of sp³-hybridized carbons (Fsp3) is 0.455. The van der Waals surface area contributed by atoms with E-state index < -0.39 is 5.41 Å². The highest BCUT2D eigenvalue weighted by molar-refractivity contribution is 6.31. The first kappa shape index (κ1) is 12.0. The largest absolute Gasteiger partial charge is 0.465 e. The minimum Gasteiger partial charge on any atom is -0.465 e. The number of nitrogens with zero attached hydrogens (tertiary/aromatic N) is 1. The topological polar surface area (TPSA) is 39.2 Å². The molecular formula is C11H14ClNO2. The summed E-state index contributed by atoms with van der Waals surface area (Å²) in [5.41, 5.74) is -0.265. The van der Waals surface area contributed by atoms with E-state index in [1.807, 2.05) is 0 Å². The molecule has 0 bridgehead atoms. The van der Waals surface area contributed by atoms with Crippen molar-refractivity contribution in [2.45, 2.75) is 26.2 Å². The lowest BCUT2D eigenvalue weighted by Crippen LogP contribution is -2.32. The van der Waals surface area contributed by atoms with Crippen LogP contribution in [0.2, 0.25) is 5.02 Å². The second-order valence-corrected chi connectivity index (χ2v) is 4.09. The molecule has 0 fully saturated rings. The standard InChI is InChI=1S/C11H14ClNO2/c1-4-15-10(14)11(2,3)9-8(12)6-5-7-13-9/h5-7H,4H2,1-3H3. The number of rotatable bonds is 3. The zero-order valence-corrected chi connectivity index (χ0v) is 9.84. The predicted molar refractivity (Wildman–Crippen MR) is 58.9 cm³/mol. The van der Waals surface area contributed by atoms with Gasteiger partial charge in [0.2, 0.25) is 0 Å². The summed E-state index contributed by atoms with van der Waals surface area (Å²) in [6.07, 6.45) is 1.61. The van der Waals surface area contributed by atoms with Gasteiger partial charge in [-0.2, -0.15) is 0 Å². The molecule has 4 heteroatoms. The predicted octanol–water partition coefficient (Wildman–Crippen LogP) is 2.58. The van der Waals surface area contributed by atoms with Crippen LogP contribution >= 0.6 is 11.6 Å². The Morgan fingerprint density at radius 1 is 1.60 bits per heavy atom. The summed E-state index contributed by atoms with van der Waals surface area (Å²) >= 11 is 5.98. The fourth-order valence-corrected chi connectivity index (χ4v) is 1.61. The van der Waals surface area contributed by atoms with Gasteiger partial charge in [-0.1, -0.05) is 11.6 Å². The molecule has 0 unspecified atom stereocenters. The second kappa shape index (κ2) is 4.62. The summed E-state index contributed by atoms with van der Waals surface area (Å²) in [5.74, 6) is -0.314. The van der Waals surface area contributed by atoms with Crippen LogP contribution in [-0.4, -0.2) is 17.6 Å². The molecule has 0 N–H and O–H groups in total. The van der Waals surface area contributed by atoms with Crippen LogP contribution in [-0.2, 0) is 14.9 Å². The van der Waals surface area contributed by atoms with Gasteiger partial charge < -0.3 is 4.74 Å². The van der Waals surface area contributed by atoms with Crippen LogP contribution in [0.1, 0.15) is 26.5 Å². The van der Waals surface area contributed by atoms with Gasteiger partial charge in [0, 0.05) is 6.20 Å². The van der Waals surface area contributed by atoms with Crippen LogP contribution in [0, 0.1) is 0 Å². The number of halogens is 1. The lowest BCUT2D eigenvalue weighted by Gasteiger charge is -2.22. The first-order valence-electron chi connectivity index (χ1n) is 4.78. The van der Waals surface area contributed by atoms with E-state index in [4.69, 9.17) is 16.3 Å². The monoisotopic (exact) mass is 227 g/mol. The molecule has 0 aromatic carbocycles. The van der Waals surface area contributed by atoms with Crippen molar-refractivity contribution in [1.29, 1.82) is 0 Å². The highest BCUT2D eigenvalue weighted by Gasteiger charge is 2.34. The third kappa shape index (κ3) is 2.48. The minimum atomic E-state index is -0.811. The van der Waals surface area contributed by atoms with E-state index in [1.54, 1.807) is 39.1 Å². The molecule has 0 aliphatic heterocycles. The van der Waals surface area contributed by atoms with Crippen molar-refractivity contribution in [2.24, 2.45) is 0 Å². The molecule has 82 valence electrons. The molecular weight excluding hydrogens is 214 g/mol. The van der Waals surface area contributed by atoms with Crippen molar-refractivity contribution < 1.29 is 9.53 Å². The van der Waals surface area contributed by atoms with Crippen LogP contribution in [0.25, 0.3) is 0 Å². The summed E-state index contributed by atoms with van der Waals surface area (Å²) in [6, 6.07) is 3.44.